The van der Waals surface area contributed by atoms with Gasteiger partial charge >= 0.3 is 27.3 Å². The second-order valence-electron chi connectivity index (χ2n) is 14.9. The van der Waals surface area contributed by atoms with Crippen LogP contribution in [0, 0.1) is 0 Å². The Labute approximate surface area is 418 Å². The van der Waals surface area contributed by atoms with E-state index in [0.29, 0.717) is 0 Å². The van der Waals surface area contributed by atoms with Crippen LogP contribution in [-0.4, -0.2) is 71.6 Å². The second-order valence-corrected chi connectivity index (χ2v) is 14.9. The van der Waals surface area contributed by atoms with Crippen LogP contribution in [0.15, 0.2) is 243 Å². The van der Waals surface area contributed by atoms with E-state index in [4.69, 9.17) is 0 Å². The summed E-state index contributed by atoms with van der Waals surface area (Å²) < 4.78 is 0. The van der Waals surface area contributed by atoms with Crippen LogP contribution in [0.1, 0.15) is 44.5 Å². The van der Waals surface area contributed by atoms with Crippen molar-refractivity contribution in [3.63, 3.8) is 0 Å². The number of hydrogen-bond donors (Lipinski definition) is 4. The Bertz CT molecular complexity index is 2270. The molecule has 0 spiro atoms. The minimum atomic E-state index is -2.11. The Kier molecular flexibility index (Phi) is 19.5. The zero-order valence-corrected chi connectivity index (χ0v) is 40.5. The molecule has 0 saturated carbocycles. The van der Waals surface area contributed by atoms with Crippen LogP contribution in [0.2, 0.25) is 0 Å². The van der Waals surface area contributed by atoms with Crippen LogP contribution in [0.3, 0.4) is 0 Å². The molecule has 4 N–H and O–H groups in total. The maximum absolute atomic E-state index is 11.3. The molecule has 0 saturated heterocycles. The molecule has 13 heteroatoms. The van der Waals surface area contributed by atoms with Crippen LogP contribution >= 0.6 is 0 Å². The molecule has 0 atom stereocenters. The summed E-state index contributed by atoms with van der Waals surface area (Å²) in [7, 11) is 0. The van der Waals surface area contributed by atoms with Crippen LogP contribution < -0.4 is 20.4 Å². The Balaban J connectivity index is 0.000000199. The van der Waals surface area contributed by atoms with E-state index in [1.54, 1.807) is 243 Å². The summed E-state index contributed by atoms with van der Waals surface area (Å²) in [6.45, 7) is 0. The fourth-order valence-electron chi connectivity index (χ4n) is 7.04. The average Bonchev–Trinajstić information content (AvgIpc) is 3.40. The van der Waals surface area contributed by atoms with E-state index in [-0.39, 0.29) is 71.8 Å². The van der Waals surface area contributed by atoms with Crippen LogP contribution in [0.5, 0.6) is 0 Å². The van der Waals surface area contributed by atoms with E-state index in [1.165, 1.54) is 0 Å². The molecule has 0 aliphatic heterocycles. The SMILES string of the molecule is O=C([O-])C(O)(c1ccccc1)c1ccccc1.O=C([O-])C(O)(c1ccccc1)c1ccccc1.O=C([O-])C(O)(c1ccccc1)c1ccccc1.O=C([O-])C(O)(c1ccccc1)c1ccccc1.[Pb+4]. The first-order chi connectivity index (χ1) is 32.6. The van der Waals surface area contributed by atoms with Gasteiger partial charge in [0.25, 0.3) is 0 Å². The third-order valence-electron chi connectivity index (χ3n) is 10.7. The first-order valence-electron chi connectivity index (χ1n) is 20.8. The average molecular weight is 1120 g/mol. The standard InChI is InChI=1S/4C14H12O3.Pb/c4*15-13(16)14(17,11-7-3-1-4-8-11)12-9-5-2-6-10-12;/h4*1-10,17H,(H,15,16);/q;;;;+4/p-4. The summed E-state index contributed by atoms with van der Waals surface area (Å²) in [6.07, 6.45) is 0. The summed E-state index contributed by atoms with van der Waals surface area (Å²) in [5.41, 5.74) is -6.17. The van der Waals surface area contributed by atoms with Gasteiger partial charge < -0.3 is 60.0 Å². The number of hydrogen-bond acceptors (Lipinski definition) is 12. The van der Waals surface area contributed by atoms with Crippen molar-refractivity contribution in [3.05, 3.63) is 287 Å². The first-order valence-corrected chi connectivity index (χ1v) is 20.8. The van der Waals surface area contributed by atoms with Crippen molar-refractivity contribution in [2.45, 2.75) is 22.4 Å². The van der Waals surface area contributed by atoms with Gasteiger partial charge in [-0.1, -0.05) is 243 Å². The summed E-state index contributed by atoms with van der Waals surface area (Å²) in [4.78, 5) is 45.0. The fraction of sp³-hybridized carbons (Fsp3) is 0.0714. The molecule has 0 heterocycles. The minimum Gasteiger partial charge on any atom is -0.546 e. The number of carboxylic acid groups (broad SMARTS) is 4. The molecular weight excluding hydrogens is 1070 g/mol. The van der Waals surface area contributed by atoms with Gasteiger partial charge in [-0.25, -0.2) is 0 Å². The zero-order valence-electron chi connectivity index (χ0n) is 36.6. The molecule has 69 heavy (non-hydrogen) atoms. The molecule has 0 fully saturated rings. The summed E-state index contributed by atoms with van der Waals surface area (Å²) >= 11 is 0. The van der Waals surface area contributed by atoms with Crippen molar-refractivity contribution in [1.29, 1.82) is 0 Å². The Morgan fingerprint density at radius 3 is 0.391 bits per heavy atom. The third-order valence-corrected chi connectivity index (χ3v) is 10.7. The summed E-state index contributed by atoms with van der Waals surface area (Å²) in [5.74, 6) is -6.13. The molecule has 8 aromatic carbocycles. The topological polar surface area (TPSA) is 241 Å². The molecule has 0 aromatic heterocycles. The van der Waals surface area contributed by atoms with Crippen molar-refractivity contribution >= 4 is 51.2 Å². The second kappa shape index (κ2) is 25.0. The molecule has 8 aromatic rings. The van der Waals surface area contributed by atoms with Crippen LogP contribution in [0.25, 0.3) is 0 Å². The van der Waals surface area contributed by atoms with E-state index in [9.17, 15) is 60.0 Å². The van der Waals surface area contributed by atoms with Crippen molar-refractivity contribution in [1.82, 2.24) is 0 Å². The van der Waals surface area contributed by atoms with Gasteiger partial charge in [-0.3, -0.25) is 0 Å². The number of benzene rings is 8. The van der Waals surface area contributed by atoms with E-state index >= 15 is 0 Å². The number of carbonyl (C=O) groups is 4. The van der Waals surface area contributed by atoms with Gasteiger partial charge in [-0.05, 0) is 44.5 Å². The molecule has 0 amide bonds. The number of carbonyl (C=O) groups excluding carboxylic acids is 4. The van der Waals surface area contributed by atoms with Crippen molar-refractivity contribution < 1.29 is 60.0 Å². The molecule has 0 aliphatic carbocycles. The van der Waals surface area contributed by atoms with Crippen molar-refractivity contribution in [2.75, 3.05) is 0 Å². The van der Waals surface area contributed by atoms with Gasteiger partial charge in [0.05, 0.1) is 23.9 Å². The van der Waals surface area contributed by atoms with Gasteiger partial charge in [0.1, 0.15) is 0 Å². The Morgan fingerprint density at radius 1 is 0.232 bits per heavy atom. The molecule has 0 unspecified atom stereocenters. The normalized spacial score (nSPS) is 11.0. The number of carboxylic acids is 4. The molecule has 8 rings (SSSR count). The number of rotatable bonds is 12. The molecule has 0 radical (unpaired) electrons. The van der Waals surface area contributed by atoms with E-state index < -0.39 is 46.3 Å². The van der Waals surface area contributed by atoms with Gasteiger partial charge in [0, 0.05) is 0 Å². The monoisotopic (exact) mass is 1120 g/mol. The maximum atomic E-state index is 11.3. The smallest absolute Gasteiger partial charge is 0.546 e. The quantitative estimate of drug-likeness (QED) is 0.129. The summed E-state index contributed by atoms with van der Waals surface area (Å²) in [5, 5.41) is 86.5. The number of aliphatic hydroxyl groups is 4. The van der Waals surface area contributed by atoms with Gasteiger partial charge in [-0.15, -0.1) is 0 Å². The van der Waals surface area contributed by atoms with Gasteiger partial charge in [0.15, 0.2) is 22.4 Å². The molecule has 344 valence electrons. The number of aliphatic carboxylic acids is 4. The predicted octanol–water partition coefficient (Wildman–Crippen LogP) is 2.31. The zero-order chi connectivity index (χ0) is 49.2. The Hall–Kier alpha value is -7.60. The summed E-state index contributed by atoms with van der Waals surface area (Å²) in [6, 6.07) is 65.7. The van der Waals surface area contributed by atoms with Crippen LogP contribution in [0.4, 0.5) is 0 Å². The fourth-order valence-corrected chi connectivity index (χ4v) is 7.04. The van der Waals surface area contributed by atoms with Crippen LogP contribution in [-0.2, 0) is 41.6 Å². The minimum absolute atomic E-state index is 0. The maximum Gasteiger partial charge on any atom is 4.00 e. The van der Waals surface area contributed by atoms with E-state index in [0.717, 1.165) is 0 Å². The largest absolute Gasteiger partial charge is 4.00 e. The van der Waals surface area contributed by atoms with E-state index in [1.807, 2.05) is 0 Å². The predicted molar refractivity (Wildman–Crippen MR) is 249 cm³/mol. The third kappa shape index (κ3) is 12.5. The van der Waals surface area contributed by atoms with Gasteiger partial charge in [-0.2, -0.15) is 0 Å². The molecule has 0 aliphatic rings. The molecular formula is C56H44O12Pb. The Morgan fingerprint density at radius 2 is 0.319 bits per heavy atom. The van der Waals surface area contributed by atoms with Crippen molar-refractivity contribution in [3.8, 4) is 0 Å². The first kappa shape index (κ1) is 54.0. The van der Waals surface area contributed by atoms with E-state index in [2.05, 4.69) is 0 Å². The van der Waals surface area contributed by atoms with Crippen molar-refractivity contribution in [2.24, 2.45) is 0 Å². The molecule has 0 bridgehead atoms. The molecule has 12 nitrogen and oxygen atoms in total. The van der Waals surface area contributed by atoms with Gasteiger partial charge in [0.2, 0.25) is 0 Å².